The lowest BCUT2D eigenvalue weighted by Gasteiger charge is -2.30. The van der Waals surface area contributed by atoms with Crippen LogP contribution in [0.25, 0.3) is 0 Å². The van der Waals surface area contributed by atoms with E-state index < -0.39 is 16.1 Å². The highest BCUT2D eigenvalue weighted by molar-refractivity contribution is 7.92. The Balaban J connectivity index is 2.08. The highest BCUT2D eigenvalue weighted by atomic mass is 35.5. The molecule has 2 rings (SSSR count). The number of nitrogens with one attached hydrogen (secondary N) is 1. The lowest BCUT2D eigenvalue weighted by molar-refractivity contribution is -0.122. The number of halogens is 1. The van der Waals surface area contributed by atoms with Gasteiger partial charge in [0, 0.05) is 11.6 Å². The van der Waals surface area contributed by atoms with Gasteiger partial charge in [0.1, 0.15) is 6.04 Å². The van der Waals surface area contributed by atoms with Crippen molar-refractivity contribution in [2.45, 2.75) is 46.1 Å². The number of sulfonamides is 1. The first-order valence-corrected chi connectivity index (χ1v) is 11.9. The van der Waals surface area contributed by atoms with Crippen LogP contribution in [-0.2, 0) is 21.2 Å². The Labute approximate surface area is 179 Å². The number of anilines is 1. The van der Waals surface area contributed by atoms with Gasteiger partial charge in [0.25, 0.3) is 0 Å². The Hall–Kier alpha value is -2.05. The molecule has 2 aromatic rings. The molecule has 29 heavy (non-hydrogen) atoms. The van der Waals surface area contributed by atoms with Gasteiger partial charge in [-0.2, -0.15) is 0 Å². The van der Waals surface area contributed by atoms with Crippen LogP contribution in [0.3, 0.4) is 0 Å². The van der Waals surface area contributed by atoms with Crippen molar-refractivity contribution in [1.29, 1.82) is 0 Å². The van der Waals surface area contributed by atoms with E-state index in [-0.39, 0.29) is 5.91 Å². The molecular formula is C22H29ClN2O3S. The Morgan fingerprint density at radius 2 is 1.69 bits per heavy atom. The zero-order chi connectivity index (χ0) is 21.6. The second-order valence-corrected chi connectivity index (χ2v) is 9.65. The summed E-state index contributed by atoms with van der Waals surface area (Å²) in [6.45, 7) is 6.12. The molecule has 5 nitrogen and oxygen atoms in total. The van der Waals surface area contributed by atoms with Gasteiger partial charge in [0.15, 0.2) is 0 Å². The van der Waals surface area contributed by atoms with Crippen LogP contribution in [0.5, 0.6) is 0 Å². The van der Waals surface area contributed by atoms with Gasteiger partial charge in [-0.3, -0.25) is 9.10 Å². The predicted octanol–water partition coefficient (Wildman–Crippen LogP) is 4.25. The normalized spacial score (nSPS) is 12.4. The Bertz CT molecular complexity index is 923. The molecule has 0 aliphatic heterocycles. The van der Waals surface area contributed by atoms with E-state index in [0.29, 0.717) is 23.7 Å². The highest BCUT2D eigenvalue weighted by Crippen LogP contribution is 2.25. The van der Waals surface area contributed by atoms with Gasteiger partial charge in [-0.25, -0.2) is 8.42 Å². The van der Waals surface area contributed by atoms with Crippen molar-refractivity contribution in [2.24, 2.45) is 0 Å². The van der Waals surface area contributed by atoms with Crippen molar-refractivity contribution in [1.82, 2.24) is 5.32 Å². The zero-order valence-corrected chi connectivity index (χ0v) is 19.0. The minimum absolute atomic E-state index is 0.284. The summed E-state index contributed by atoms with van der Waals surface area (Å²) in [5.41, 5.74) is 3.57. The number of hydrogen-bond acceptors (Lipinski definition) is 3. The Kier molecular flexibility index (Phi) is 8.11. The molecule has 1 atom stereocenters. The first-order valence-electron chi connectivity index (χ1n) is 9.71. The van der Waals surface area contributed by atoms with E-state index >= 15 is 0 Å². The summed E-state index contributed by atoms with van der Waals surface area (Å²) in [5.74, 6) is -0.284. The molecular weight excluding hydrogens is 408 g/mol. The SMILES string of the molecule is CC[C@H](C(=O)NCCCc1ccc(Cl)cc1)N(c1cc(C)cc(C)c1)S(C)(=O)=O. The van der Waals surface area contributed by atoms with Crippen molar-refractivity contribution in [3.05, 3.63) is 64.2 Å². The van der Waals surface area contributed by atoms with Crippen LogP contribution in [0.1, 0.15) is 36.5 Å². The van der Waals surface area contributed by atoms with E-state index in [9.17, 15) is 13.2 Å². The maximum Gasteiger partial charge on any atom is 0.243 e. The third-order valence-corrected chi connectivity index (χ3v) is 6.08. The number of nitrogens with zero attached hydrogens (tertiary/aromatic N) is 1. The highest BCUT2D eigenvalue weighted by Gasteiger charge is 2.31. The third kappa shape index (κ3) is 6.75. The second-order valence-electron chi connectivity index (χ2n) is 7.35. The molecule has 0 radical (unpaired) electrons. The summed E-state index contributed by atoms with van der Waals surface area (Å²) in [6, 6.07) is 12.4. The number of carbonyl (C=O) groups excluding carboxylic acids is 1. The lowest BCUT2D eigenvalue weighted by atomic mass is 10.1. The molecule has 0 saturated carbocycles. The molecule has 0 spiro atoms. The van der Waals surface area contributed by atoms with Gasteiger partial charge in [-0.1, -0.05) is 36.7 Å². The lowest BCUT2D eigenvalue weighted by Crippen LogP contribution is -2.49. The van der Waals surface area contributed by atoms with Crippen LogP contribution >= 0.6 is 11.6 Å². The Morgan fingerprint density at radius 3 is 2.21 bits per heavy atom. The predicted molar refractivity (Wildman–Crippen MR) is 120 cm³/mol. The summed E-state index contributed by atoms with van der Waals surface area (Å²) in [4.78, 5) is 12.8. The molecule has 0 aliphatic carbocycles. The number of aryl methyl sites for hydroxylation is 3. The average molecular weight is 437 g/mol. The summed E-state index contributed by atoms with van der Waals surface area (Å²) >= 11 is 5.89. The summed E-state index contributed by atoms with van der Waals surface area (Å²) in [5, 5.41) is 3.59. The monoisotopic (exact) mass is 436 g/mol. The number of carbonyl (C=O) groups is 1. The van der Waals surface area contributed by atoms with Gasteiger partial charge in [0.05, 0.1) is 11.9 Å². The smallest absolute Gasteiger partial charge is 0.243 e. The number of amides is 1. The summed E-state index contributed by atoms with van der Waals surface area (Å²) in [6.07, 6.45) is 3.08. The molecule has 7 heteroatoms. The van der Waals surface area contributed by atoms with Crippen molar-refractivity contribution >= 4 is 33.2 Å². The van der Waals surface area contributed by atoms with Gasteiger partial charge in [-0.05, 0) is 74.1 Å². The quantitative estimate of drug-likeness (QED) is 0.597. The maximum absolute atomic E-state index is 12.8. The van der Waals surface area contributed by atoms with E-state index in [1.54, 1.807) is 12.1 Å². The fourth-order valence-corrected chi connectivity index (χ4v) is 4.73. The number of benzene rings is 2. The van der Waals surface area contributed by atoms with Crippen LogP contribution in [0.15, 0.2) is 42.5 Å². The van der Waals surface area contributed by atoms with Crippen LogP contribution < -0.4 is 9.62 Å². The fraction of sp³-hybridized carbons (Fsp3) is 0.409. The number of hydrogen-bond donors (Lipinski definition) is 1. The van der Waals surface area contributed by atoms with Gasteiger partial charge < -0.3 is 5.32 Å². The van der Waals surface area contributed by atoms with Crippen LogP contribution in [0.2, 0.25) is 5.02 Å². The molecule has 0 saturated heterocycles. The molecule has 0 bridgehead atoms. The molecule has 0 aliphatic rings. The van der Waals surface area contributed by atoms with Crippen LogP contribution in [0, 0.1) is 13.8 Å². The van der Waals surface area contributed by atoms with E-state index in [4.69, 9.17) is 11.6 Å². The van der Waals surface area contributed by atoms with E-state index in [1.165, 1.54) is 4.31 Å². The zero-order valence-electron chi connectivity index (χ0n) is 17.4. The van der Waals surface area contributed by atoms with Crippen molar-refractivity contribution < 1.29 is 13.2 Å². The summed E-state index contributed by atoms with van der Waals surface area (Å²) in [7, 11) is -3.63. The molecule has 158 valence electrons. The van der Waals surface area contributed by atoms with Gasteiger partial charge in [0.2, 0.25) is 15.9 Å². The number of rotatable bonds is 9. The van der Waals surface area contributed by atoms with Gasteiger partial charge >= 0.3 is 0 Å². The van der Waals surface area contributed by atoms with Crippen molar-refractivity contribution in [2.75, 3.05) is 17.1 Å². The molecule has 1 amide bonds. The molecule has 0 unspecified atom stereocenters. The second kappa shape index (κ2) is 10.1. The third-order valence-electron chi connectivity index (χ3n) is 4.65. The van der Waals surface area contributed by atoms with Gasteiger partial charge in [-0.15, -0.1) is 0 Å². The van der Waals surface area contributed by atoms with Crippen molar-refractivity contribution in [3.63, 3.8) is 0 Å². The molecule has 0 aromatic heterocycles. The van der Waals surface area contributed by atoms with Crippen LogP contribution in [-0.4, -0.2) is 33.2 Å². The minimum atomic E-state index is -3.63. The first kappa shape index (κ1) is 23.2. The van der Waals surface area contributed by atoms with E-state index in [2.05, 4.69) is 5.32 Å². The molecule has 1 N–H and O–H groups in total. The first-order chi connectivity index (χ1) is 13.6. The molecule has 0 fully saturated rings. The topological polar surface area (TPSA) is 66.5 Å². The average Bonchev–Trinajstić information content (AvgIpc) is 2.62. The van der Waals surface area contributed by atoms with E-state index in [1.807, 2.05) is 51.1 Å². The van der Waals surface area contributed by atoms with Crippen LogP contribution in [0.4, 0.5) is 5.69 Å². The van der Waals surface area contributed by atoms with Crippen molar-refractivity contribution in [3.8, 4) is 0 Å². The molecule has 2 aromatic carbocycles. The molecule has 0 heterocycles. The Morgan fingerprint density at radius 1 is 1.10 bits per heavy atom. The standard InChI is InChI=1S/C22H29ClN2O3S/c1-5-21(22(26)24-12-6-7-18-8-10-19(23)11-9-18)25(29(4,27)28)20-14-16(2)13-17(3)15-20/h8-11,13-15,21H,5-7,12H2,1-4H3,(H,24,26)/t21-/m1/s1. The maximum atomic E-state index is 12.8. The summed E-state index contributed by atoms with van der Waals surface area (Å²) < 4.78 is 26.3. The largest absolute Gasteiger partial charge is 0.354 e. The van der Waals surface area contributed by atoms with E-state index in [0.717, 1.165) is 35.8 Å². The fourth-order valence-electron chi connectivity index (χ4n) is 3.41. The minimum Gasteiger partial charge on any atom is -0.354 e.